The molecule has 1 saturated carbocycles. The smallest absolute Gasteiger partial charge is 0.416 e. The molecular weight excluding hydrogens is 451 g/mol. The number of carbonyl (C=O) groups is 2. The fraction of sp³-hybridized carbons (Fsp3) is 0.360. The van der Waals surface area contributed by atoms with E-state index in [9.17, 15) is 22.8 Å². The molecule has 0 spiro atoms. The van der Waals surface area contributed by atoms with Crippen LogP contribution in [0.25, 0.3) is 11.1 Å². The third-order valence-corrected chi connectivity index (χ3v) is 6.33. The molecule has 1 N–H and O–H groups in total. The molecule has 5 rings (SSSR count). The molecule has 0 radical (unpaired) electrons. The number of esters is 1. The average Bonchev–Trinajstić information content (AvgIpc) is 3.43. The number of hydrogen-bond donors (Lipinski definition) is 1. The van der Waals surface area contributed by atoms with Crippen LogP contribution in [0.4, 0.5) is 13.2 Å². The Morgan fingerprint density at radius 3 is 2.29 bits per heavy atom. The van der Waals surface area contributed by atoms with Crippen molar-refractivity contribution in [2.45, 2.75) is 50.4 Å². The Bertz CT molecular complexity index is 1150. The summed E-state index contributed by atoms with van der Waals surface area (Å²) in [6.07, 6.45) is -1.00. The summed E-state index contributed by atoms with van der Waals surface area (Å²) < 4.78 is 55.6. The van der Waals surface area contributed by atoms with E-state index in [2.05, 4.69) is 5.32 Å². The van der Waals surface area contributed by atoms with Gasteiger partial charge in [0.1, 0.15) is 0 Å². The van der Waals surface area contributed by atoms with Gasteiger partial charge in [-0.15, -0.1) is 0 Å². The summed E-state index contributed by atoms with van der Waals surface area (Å²) in [6.45, 7) is 0.0421. The number of alkyl halides is 3. The number of amides is 1. The first-order valence-electron chi connectivity index (χ1n) is 11.1. The third kappa shape index (κ3) is 4.22. The molecule has 0 aromatic heterocycles. The number of hydrogen-bond acceptors (Lipinski definition) is 5. The fourth-order valence-corrected chi connectivity index (χ4v) is 4.63. The first-order chi connectivity index (χ1) is 16.3. The maximum atomic E-state index is 13.2. The number of carbonyl (C=O) groups excluding carboxylic acids is 2. The maximum Gasteiger partial charge on any atom is 0.416 e. The molecule has 34 heavy (non-hydrogen) atoms. The van der Waals surface area contributed by atoms with Crippen molar-refractivity contribution in [3.8, 4) is 11.5 Å². The summed E-state index contributed by atoms with van der Waals surface area (Å²) in [4.78, 5) is 26.2. The fourth-order valence-electron chi connectivity index (χ4n) is 4.63. The van der Waals surface area contributed by atoms with E-state index < -0.39 is 29.7 Å². The van der Waals surface area contributed by atoms with Crippen molar-refractivity contribution < 1.29 is 37.0 Å². The molecule has 1 aliphatic carbocycles. The molecule has 0 unspecified atom stereocenters. The van der Waals surface area contributed by atoms with Gasteiger partial charge in [0.15, 0.2) is 11.5 Å². The van der Waals surface area contributed by atoms with Crippen molar-refractivity contribution in [2.24, 2.45) is 0 Å². The largest absolute Gasteiger partial charge is 0.454 e. The van der Waals surface area contributed by atoms with Crippen LogP contribution in [0.2, 0.25) is 0 Å². The van der Waals surface area contributed by atoms with E-state index in [0.29, 0.717) is 22.6 Å². The van der Waals surface area contributed by atoms with Gasteiger partial charge in [0.05, 0.1) is 11.1 Å². The predicted octanol–water partition coefficient (Wildman–Crippen LogP) is 4.72. The molecule has 0 saturated heterocycles. The van der Waals surface area contributed by atoms with E-state index in [1.165, 1.54) is 12.1 Å². The number of benzene rings is 2. The lowest BCUT2D eigenvalue weighted by molar-refractivity contribution is -0.145. The van der Waals surface area contributed by atoms with Crippen LogP contribution in [0, 0.1) is 0 Å². The molecule has 3 aliphatic rings. The van der Waals surface area contributed by atoms with Gasteiger partial charge in [0.2, 0.25) is 12.9 Å². The van der Waals surface area contributed by atoms with Crippen molar-refractivity contribution in [3.05, 3.63) is 59.2 Å². The molecule has 9 heteroatoms. The number of cyclic esters (lactones) is 1. The minimum atomic E-state index is -4.51. The second-order valence-electron chi connectivity index (χ2n) is 8.56. The van der Waals surface area contributed by atoms with Gasteiger partial charge in [-0.3, -0.25) is 4.79 Å². The minimum absolute atomic E-state index is 0.0246. The molecule has 6 nitrogen and oxygen atoms in total. The van der Waals surface area contributed by atoms with E-state index in [0.717, 1.165) is 44.2 Å². The van der Waals surface area contributed by atoms with Gasteiger partial charge in [-0.1, -0.05) is 37.5 Å². The van der Waals surface area contributed by atoms with Crippen LogP contribution in [0.5, 0.6) is 11.5 Å². The van der Waals surface area contributed by atoms with Crippen LogP contribution in [0.15, 0.2) is 42.5 Å². The van der Waals surface area contributed by atoms with Gasteiger partial charge in [0.25, 0.3) is 5.91 Å². The number of nitrogens with one attached hydrogen (secondary N) is 1. The minimum Gasteiger partial charge on any atom is -0.454 e. The predicted molar refractivity (Wildman–Crippen MR) is 116 cm³/mol. The Hall–Kier alpha value is -3.49. The van der Waals surface area contributed by atoms with E-state index >= 15 is 0 Å². The third-order valence-electron chi connectivity index (χ3n) is 6.33. The molecular formula is C25H22F3NO5. The van der Waals surface area contributed by atoms with Crippen molar-refractivity contribution >= 4 is 23.0 Å². The first kappa shape index (κ1) is 22.3. The van der Waals surface area contributed by atoms with Crippen LogP contribution >= 0.6 is 0 Å². The number of rotatable bonds is 4. The van der Waals surface area contributed by atoms with Gasteiger partial charge >= 0.3 is 12.1 Å². The summed E-state index contributed by atoms with van der Waals surface area (Å²) in [7, 11) is 0. The topological polar surface area (TPSA) is 73.9 Å². The lowest BCUT2D eigenvalue weighted by Crippen LogP contribution is -2.43. The van der Waals surface area contributed by atoms with Gasteiger partial charge in [-0.05, 0) is 48.2 Å². The Balaban J connectivity index is 1.56. The van der Waals surface area contributed by atoms with Crippen LogP contribution in [-0.4, -0.2) is 30.8 Å². The molecule has 1 fully saturated rings. The van der Waals surface area contributed by atoms with Gasteiger partial charge in [0, 0.05) is 11.6 Å². The SMILES string of the molecule is O=C1O[C@@H](C(=O)NC2CCCCC2)C(c2ccc(C(F)(F)F)cc2)=C1c1ccc2c(c1)OCO2. The Morgan fingerprint density at radius 2 is 1.59 bits per heavy atom. The second kappa shape index (κ2) is 8.70. The highest BCUT2D eigenvalue weighted by Gasteiger charge is 2.41. The van der Waals surface area contributed by atoms with Crippen LogP contribution < -0.4 is 14.8 Å². The molecule has 2 aromatic rings. The van der Waals surface area contributed by atoms with Gasteiger partial charge in [-0.25, -0.2) is 4.79 Å². The monoisotopic (exact) mass is 473 g/mol. The zero-order valence-corrected chi connectivity index (χ0v) is 18.1. The summed E-state index contributed by atoms with van der Waals surface area (Å²) in [5, 5.41) is 2.96. The Labute approximate surface area is 193 Å². The quantitative estimate of drug-likeness (QED) is 0.651. The standard InChI is InChI=1S/C25H22F3NO5/c26-25(27,28)16-9-6-14(7-10-16)20-21(15-8-11-18-19(12-15)33-13-32-18)24(31)34-22(20)23(30)29-17-4-2-1-3-5-17/h6-12,17,22H,1-5,13H2,(H,29,30)/t22-/m1/s1. The highest BCUT2D eigenvalue weighted by molar-refractivity contribution is 6.30. The number of ether oxygens (including phenoxy) is 3. The van der Waals surface area contributed by atoms with E-state index in [-0.39, 0.29) is 24.0 Å². The first-order valence-corrected chi connectivity index (χ1v) is 11.1. The highest BCUT2D eigenvalue weighted by Crippen LogP contribution is 2.42. The van der Waals surface area contributed by atoms with Crippen LogP contribution in [0.1, 0.15) is 48.8 Å². The summed E-state index contributed by atoms with van der Waals surface area (Å²) in [5.41, 5.74) is 0.245. The second-order valence-corrected chi connectivity index (χ2v) is 8.56. The molecule has 2 aromatic carbocycles. The lowest BCUT2D eigenvalue weighted by atomic mass is 9.91. The van der Waals surface area contributed by atoms with Gasteiger partial charge in [-0.2, -0.15) is 13.2 Å². The van der Waals surface area contributed by atoms with E-state index in [1.54, 1.807) is 18.2 Å². The Morgan fingerprint density at radius 1 is 0.912 bits per heavy atom. The van der Waals surface area contributed by atoms with Crippen LogP contribution in [-0.2, 0) is 20.5 Å². The highest BCUT2D eigenvalue weighted by atomic mass is 19.4. The normalized spacial score (nSPS) is 20.4. The lowest BCUT2D eigenvalue weighted by Gasteiger charge is -2.24. The van der Waals surface area contributed by atoms with Crippen molar-refractivity contribution in [2.75, 3.05) is 6.79 Å². The molecule has 2 aliphatic heterocycles. The van der Waals surface area contributed by atoms with Crippen molar-refractivity contribution in [1.29, 1.82) is 0 Å². The average molecular weight is 473 g/mol. The number of halogens is 3. The molecule has 1 atom stereocenters. The maximum absolute atomic E-state index is 13.2. The summed E-state index contributed by atoms with van der Waals surface area (Å²) in [5.74, 6) is -0.262. The number of fused-ring (bicyclic) bond motifs is 1. The molecule has 0 bridgehead atoms. The van der Waals surface area contributed by atoms with Crippen molar-refractivity contribution in [1.82, 2.24) is 5.32 Å². The van der Waals surface area contributed by atoms with Crippen LogP contribution in [0.3, 0.4) is 0 Å². The zero-order valence-electron chi connectivity index (χ0n) is 18.1. The van der Waals surface area contributed by atoms with Crippen molar-refractivity contribution in [3.63, 3.8) is 0 Å². The summed E-state index contributed by atoms with van der Waals surface area (Å²) in [6, 6.07) is 9.22. The van der Waals surface area contributed by atoms with E-state index in [4.69, 9.17) is 14.2 Å². The molecule has 1 amide bonds. The zero-order chi connectivity index (χ0) is 23.9. The molecule has 178 valence electrons. The Kier molecular flexibility index (Phi) is 5.71. The molecule has 2 heterocycles. The van der Waals surface area contributed by atoms with Gasteiger partial charge < -0.3 is 19.5 Å². The summed E-state index contributed by atoms with van der Waals surface area (Å²) >= 11 is 0. The van der Waals surface area contributed by atoms with E-state index in [1.807, 2.05) is 0 Å².